The summed E-state index contributed by atoms with van der Waals surface area (Å²) < 4.78 is 34.8. The van der Waals surface area contributed by atoms with Gasteiger partial charge in [0.25, 0.3) is 5.91 Å². The van der Waals surface area contributed by atoms with E-state index in [2.05, 4.69) is 14.7 Å². The van der Waals surface area contributed by atoms with Crippen LogP contribution in [-0.2, 0) is 16.1 Å². The largest absolute Gasteiger partial charge is 0.468 e. The van der Waals surface area contributed by atoms with Gasteiger partial charge in [-0.1, -0.05) is 11.3 Å². The van der Waals surface area contributed by atoms with E-state index in [1.54, 1.807) is 23.7 Å². The molecule has 0 spiro atoms. The van der Waals surface area contributed by atoms with Crippen molar-refractivity contribution in [3.05, 3.63) is 57.8 Å². The Morgan fingerprint density at radius 2 is 2.04 bits per heavy atom. The number of carbonyl (C=O) groups is 2. The quantitative estimate of drug-likeness (QED) is 0.477. The Balaban J connectivity index is 1.88. The predicted octanol–water partition coefficient (Wildman–Crippen LogP) is 3.50. The van der Waals surface area contributed by atoms with E-state index in [1.165, 1.54) is 23.0 Å². The van der Waals surface area contributed by atoms with Crippen LogP contribution in [0.15, 0.2) is 40.8 Å². The molecule has 142 valence electrons. The van der Waals surface area contributed by atoms with Crippen LogP contribution in [0.4, 0.5) is 8.78 Å². The van der Waals surface area contributed by atoms with E-state index in [1.807, 2.05) is 0 Å². The summed E-state index contributed by atoms with van der Waals surface area (Å²) in [5.41, 5.74) is 2.75. The summed E-state index contributed by atoms with van der Waals surface area (Å²) in [4.78, 5) is 32.7. The average molecular weight is 419 g/mol. The van der Waals surface area contributed by atoms with E-state index in [9.17, 15) is 18.4 Å². The molecule has 6 nitrogen and oxygen atoms in total. The Morgan fingerprint density at radius 1 is 1.21 bits per heavy atom. The number of carbonyl (C=O) groups excluding carboxylic acids is 2. The summed E-state index contributed by atoms with van der Waals surface area (Å²) in [6.07, 6.45) is 0. The highest BCUT2D eigenvalue weighted by atomic mass is 32.1. The Kier molecular flexibility index (Phi) is 4.73. The monoisotopic (exact) mass is 419 g/mol. The molecule has 0 atom stereocenters. The van der Waals surface area contributed by atoms with Crippen LogP contribution in [0.2, 0.25) is 0 Å². The number of fused-ring (bicyclic) bond motifs is 2. The van der Waals surface area contributed by atoms with E-state index >= 15 is 0 Å². The number of ether oxygens (including phenoxy) is 1. The van der Waals surface area contributed by atoms with Gasteiger partial charge in [-0.25, -0.2) is 13.8 Å². The maximum Gasteiger partial charge on any atom is 0.325 e. The Labute approximate surface area is 164 Å². The molecule has 4 aromatic rings. The molecular formula is C18H11F2N3O3S2. The molecule has 0 saturated carbocycles. The van der Waals surface area contributed by atoms with Gasteiger partial charge in [-0.3, -0.25) is 9.59 Å². The second-order valence-corrected chi connectivity index (χ2v) is 7.63. The SMILES string of the molecule is COC(=O)Cn1c(=NC(=O)c2ccc3ncsc3c2)sc2cc(F)cc(F)c21. The van der Waals surface area contributed by atoms with Crippen LogP contribution in [-0.4, -0.2) is 28.5 Å². The van der Waals surface area contributed by atoms with E-state index in [0.29, 0.717) is 11.6 Å². The second kappa shape index (κ2) is 7.21. The average Bonchev–Trinajstić information content (AvgIpc) is 3.25. The van der Waals surface area contributed by atoms with Gasteiger partial charge in [0.1, 0.15) is 12.4 Å². The van der Waals surface area contributed by atoms with Crippen LogP contribution in [0.25, 0.3) is 20.4 Å². The highest BCUT2D eigenvalue weighted by Gasteiger charge is 2.17. The molecule has 0 N–H and O–H groups in total. The van der Waals surface area contributed by atoms with Gasteiger partial charge in [0, 0.05) is 11.6 Å². The zero-order valence-electron chi connectivity index (χ0n) is 14.3. The lowest BCUT2D eigenvalue weighted by Gasteiger charge is -2.04. The molecule has 0 aliphatic carbocycles. The fourth-order valence-corrected chi connectivity index (χ4v) is 4.48. The number of methoxy groups -OCH3 is 1. The van der Waals surface area contributed by atoms with Gasteiger partial charge in [0.15, 0.2) is 10.6 Å². The van der Waals surface area contributed by atoms with Gasteiger partial charge in [0.2, 0.25) is 0 Å². The first-order valence-electron chi connectivity index (χ1n) is 7.94. The van der Waals surface area contributed by atoms with Crippen LogP contribution < -0.4 is 4.80 Å². The molecule has 0 saturated heterocycles. The summed E-state index contributed by atoms with van der Waals surface area (Å²) in [5, 5.41) is 0. The Morgan fingerprint density at radius 3 is 2.82 bits per heavy atom. The van der Waals surface area contributed by atoms with Crippen molar-refractivity contribution in [3.63, 3.8) is 0 Å². The molecule has 0 aliphatic heterocycles. The minimum absolute atomic E-state index is 0.0127. The minimum atomic E-state index is -0.852. The summed E-state index contributed by atoms with van der Waals surface area (Å²) in [6.45, 7) is -0.362. The van der Waals surface area contributed by atoms with Crippen molar-refractivity contribution >= 4 is 55.0 Å². The third-order valence-electron chi connectivity index (χ3n) is 3.99. The first-order chi connectivity index (χ1) is 13.5. The topological polar surface area (TPSA) is 73.6 Å². The van der Waals surface area contributed by atoms with Gasteiger partial charge < -0.3 is 9.30 Å². The fourth-order valence-electron chi connectivity index (χ4n) is 2.69. The molecule has 2 aromatic carbocycles. The molecule has 0 radical (unpaired) electrons. The van der Waals surface area contributed by atoms with E-state index in [-0.39, 0.29) is 21.6 Å². The number of aromatic nitrogens is 2. The van der Waals surface area contributed by atoms with Crippen LogP contribution in [0.5, 0.6) is 0 Å². The molecular weight excluding hydrogens is 408 g/mol. The summed E-state index contributed by atoms with van der Waals surface area (Å²) in [7, 11) is 1.19. The molecule has 1 amide bonds. The lowest BCUT2D eigenvalue weighted by molar-refractivity contribution is -0.141. The van der Waals surface area contributed by atoms with Gasteiger partial charge in [-0.2, -0.15) is 4.99 Å². The molecule has 28 heavy (non-hydrogen) atoms. The van der Waals surface area contributed by atoms with Crippen LogP contribution in [0.1, 0.15) is 10.4 Å². The maximum atomic E-state index is 14.3. The molecule has 0 fully saturated rings. The van der Waals surface area contributed by atoms with Gasteiger partial charge in [-0.15, -0.1) is 11.3 Å². The highest BCUT2D eigenvalue weighted by Crippen LogP contribution is 2.23. The smallest absolute Gasteiger partial charge is 0.325 e. The lowest BCUT2D eigenvalue weighted by Crippen LogP contribution is -2.22. The zero-order chi connectivity index (χ0) is 19.8. The molecule has 2 heterocycles. The Bertz CT molecular complexity index is 1310. The maximum absolute atomic E-state index is 14.3. The minimum Gasteiger partial charge on any atom is -0.468 e. The number of hydrogen-bond donors (Lipinski definition) is 0. The van der Waals surface area contributed by atoms with Crippen LogP contribution in [0, 0.1) is 11.6 Å². The summed E-state index contributed by atoms with van der Waals surface area (Å²) >= 11 is 2.30. The van der Waals surface area contributed by atoms with Crippen LogP contribution >= 0.6 is 22.7 Å². The van der Waals surface area contributed by atoms with Crippen molar-refractivity contribution in [2.24, 2.45) is 4.99 Å². The standard InChI is InChI=1S/C18H11F2N3O3S2/c1-26-15(24)7-23-16-11(20)5-10(19)6-14(16)28-18(23)22-17(25)9-2-3-12-13(4-9)27-8-21-12/h2-6,8H,7H2,1H3. The van der Waals surface area contributed by atoms with Crippen LogP contribution in [0.3, 0.4) is 0 Å². The molecule has 0 aliphatic rings. The van der Waals surface area contributed by atoms with Gasteiger partial charge in [0.05, 0.1) is 33.1 Å². The van der Waals surface area contributed by atoms with E-state index in [4.69, 9.17) is 0 Å². The number of esters is 1. The van der Waals surface area contributed by atoms with Crippen molar-refractivity contribution in [3.8, 4) is 0 Å². The number of benzene rings is 2. The van der Waals surface area contributed by atoms with Crippen molar-refractivity contribution < 1.29 is 23.1 Å². The molecule has 4 rings (SSSR count). The Hall–Kier alpha value is -2.98. The van der Waals surface area contributed by atoms with Crippen molar-refractivity contribution in [1.82, 2.24) is 9.55 Å². The van der Waals surface area contributed by atoms with Crippen molar-refractivity contribution in [2.75, 3.05) is 7.11 Å². The number of hydrogen-bond acceptors (Lipinski definition) is 6. The second-order valence-electron chi connectivity index (χ2n) is 5.73. The summed E-state index contributed by atoms with van der Waals surface area (Å²) in [5.74, 6) is -2.83. The van der Waals surface area contributed by atoms with Crippen molar-refractivity contribution in [1.29, 1.82) is 0 Å². The van der Waals surface area contributed by atoms with E-state index < -0.39 is 23.5 Å². The van der Waals surface area contributed by atoms with Gasteiger partial charge in [-0.05, 0) is 24.3 Å². The highest BCUT2D eigenvalue weighted by molar-refractivity contribution is 7.17. The predicted molar refractivity (Wildman–Crippen MR) is 101 cm³/mol. The molecule has 2 aromatic heterocycles. The number of amides is 1. The third kappa shape index (κ3) is 3.32. The number of rotatable bonds is 3. The third-order valence-corrected chi connectivity index (χ3v) is 5.80. The molecule has 10 heteroatoms. The molecule has 0 bridgehead atoms. The zero-order valence-corrected chi connectivity index (χ0v) is 15.9. The number of nitrogens with zero attached hydrogens (tertiary/aromatic N) is 3. The van der Waals surface area contributed by atoms with Gasteiger partial charge >= 0.3 is 5.97 Å². The number of halogens is 2. The first kappa shape index (κ1) is 18.4. The first-order valence-corrected chi connectivity index (χ1v) is 9.63. The fraction of sp³-hybridized carbons (Fsp3) is 0.111. The van der Waals surface area contributed by atoms with Crippen molar-refractivity contribution in [2.45, 2.75) is 6.54 Å². The lowest BCUT2D eigenvalue weighted by atomic mass is 10.2. The number of thiazole rings is 2. The normalized spacial score (nSPS) is 12.0. The van der Waals surface area contributed by atoms with E-state index in [0.717, 1.165) is 27.6 Å². The molecule has 0 unspecified atom stereocenters. The summed E-state index contributed by atoms with van der Waals surface area (Å²) in [6, 6.07) is 6.80.